The van der Waals surface area contributed by atoms with E-state index in [1.165, 1.54) is 25.9 Å². The van der Waals surface area contributed by atoms with Crippen molar-refractivity contribution in [2.45, 2.75) is 26.2 Å². The van der Waals surface area contributed by atoms with Gasteiger partial charge in [-0.15, -0.1) is 0 Å². The number of pyridine rings is 1. The van der Waals surface area contributed by atoms with Crippen LogP contribution in [-0.2, 0) is 11.2 Å². The normalized spacial score (nSPS) is 18.3. The highest BCUT2D eigenvalue weighted by Gasteiger charge is 2.20. The van der Waals surface area contributed by atoms with Crippen molar-refractivity contribution >= 4 is 16.9 Å². The Morgan fingerprint density at radius 3 is 2.56 bits per heavy atom. The number of piperidine rings is 1. The molecule has 0 unspecified atom stereocenters. The average molecular weight is 434 g/mol. The molecule has 6 heteroatoms. The summed E-state index contributed by atoms with van der Waals surface area (Å²) in [5.41, 5.74) is 3.47. The quantitative estimate of drug-likeness (QED) is 0.602. The molecule has 0 atom stereocenters. The number of hydrogen-bond acceptors (Lipinski definition) is 5. The third-order valence-electron chi connectivity index (χ3n) is 6.73. The van der Waals surface area contributed by atoms with Gasteiger partial charge in [0, 0.05) is 43.2 Å². The minimum atomic E-state index is -0.0297. The number of carbonyl (C=O) groups is 1. The van der Waals surface area contributed by atoms with Gasteiger partial charge < -0.3 is 19.0 Å². The molecule has 0 bridgehead atoms. The second-order valence-corrected chi connectivity index (χ2v) is 9.08. The van der Waals surface area contributed by atoms with E-state index in [9.17, 15) is 4.79 Å². The number of likely N-dealkylation sites (tertiary alicyclic amines) is 1. The molecule has 1 amide bonds. The van der Waals surface area contributed by atoms with Crippen LogP contribution in [0.1, 0.15) is 36.0 Å². The van der Waals surface area contributed by atoms with Crippen LogP contribution >= 0.6 is 0 Å². The second-order valence-electron chi connectivity index (χ2n) is 9.08. The third kappa shape index (κ3) is 4.71. The molecule has 2 aromatic heterocycles. The lowest BCUT2D eigenvalue weighted by Crippen LogP contribution is -2.41. The Kier molecular flexibility index (Phi) is 6.23. The molecule has 168 valence electrons. The zero-order chi connectivity index (χ0) is 21.9. The van der Waals surface area contributed by atoms with Crippen LogP contribution in [0.15, 0.2) is 47.0 Å². The maximum Gasteiger partial charge on any atom is 0.272 e. The van der Waals surface area contributed by atoms with Gasteiger partial charge in [-0.2, -0.15) is 0 Å². The van der Waals surface area contributed by atoms with Crippen LogP contribution in [-0.4, -0.2) is 66.6 Å². The van der Waals surface area contributed by atoms with Crippen molar-refractivity contribution < 1.29 is 13.9 Å². The van der Waals surface area contributed by atoms with E-state index in [2.05, 4.69) is 35.0 Å². The van der Waals surface area contributed by atoms with Gasteiger partial charge in [-0.3, -0.25) is 9.78 Å². The third-order valence-corrected chi connectivity index (χ3v) is 6.73. The molecule has 3 aromatic rings. The number of nitrogens with zero attached hydrogens (tertiary/aromatic N) is 3. The monoisotopic (exact) mass is 433 g/mol. The number of benzene rings is 1. The van der Waals surface area contributed by atoms with E-state index in [-0.39, 0.29) is 5.91 Å². The summed E-state index contributed by atoms with van der Waals surface area (Å²) in [6.45, 7) is 8.23. The number of fused-ring (bicyclic) bond motifs is 1. The second kappa shape index (κ2) is 9.43. The van der Waals surface area contributed by atoms with Gasteiger partial charge in [-0.05, 0) is 61.7 Å². The van der Waals surface area contributed by atoms with Crippen molar-refractivity contribution in [2.24, 2.45) is 5.92 Å². The van der Waals surface area contributed by atoms with E-state index >= 15 is 0 Å². The minimum absolute atomic E-state index is 0.0297. The molecule has 0 radical (unpaired) electrons. The van der Waals surface area contributed by atoms with Crippen LogP contribution in [0, 0.1) is 5.92 Å². The Hall–Kier alpha value is -2.70. The summed E-state index contributed by atoms with van der Waals surface area (Å²) in [5.74, 6) is 1.87. The molecule has 1 aromatic carbocycles. The van der Waals surface area contributed by atoms with E-state index in [1.807, 2.05) is 18.2 Å². The Morgan fingerprint density at radius 1 is 1.03 bits per heavy atom. The first-order valence-electron chi connectivity index (χ1n) is 11.7. The average Bonchev–Trinajstić information content (AvgIpc) is 3.26. The zero-order valence-electron chi connectivity index (χ0n) is 18.8. The molecule has 2 aliphatic heterocycles. The van der Waals surface area contributed by atoms with Crippen molar-refractivity contribution in [1.82, 2.24) is 14.8 Å². The molecule has 2 fully saturated rings. The molecule has 2 aliphatic rings. The fraction of sp³-hybridized carbons (Fsp3) is 0.462. The summed E-state index contributed by atoms with van der Waals surface area (Å²) < 4.78 is 11.4. The number of amides is 1. The predicted molar refractivity (Wildman–Crippen MR) is 125 cm³/mol. The maximum absolute atomic E-state index is 12.6. The molecule has 0 N–H and O–H groups in total. The van der Waals surface area contributed by atoms with Gasteiger partial charge in [-0.1, -0.05) is 19.1 Å². The van der Waals surface area contributed by atoms with E-state index in [1.54, 1.807) is 11.1 Å². The lowest BCUT2D eigenvalue weighted by atomic mass is 9.99. The topological polar surface area (TPSA) is 58.8 Å². The lowest BCUT2D eigenvalue weighted by molar-refractivity contribution is 0.0299. The first-order chi connectivity index (χ1) is 15.7. The number of ether oxygens (including phenoxy) is 1. The molecule has 0 aliphatic carbocycles. The van der Waals surface area contributed by atoms with Crippen LogP contribution < -0.4 is 0 Å². The molecular formula is C26H31N3O3. The van der Waals surface area contributed by atoms with Crippen LogP contribution in [0.5, 0.6) is 0 Å². The summed E-state index contributed by atoms with van der Waals surface area (Å²) in [6, 6.07) is 12.2. The summed E-state index contributed by atoms with van der Waals surface area (Å²) >= 11 is 0. The van der Waals surface area contributed by atoms with E-state index < -0.39 is 0 Å². The first-order valence-corrected chi connectivity index (χ1v) is 11.7. The molecule has 4 heterocycles. The van der Waals surface area contributed by atoms with Crippen LogP contribution in [0.25, 0.3) is 22.1 Å². The fourth-order valence-electron chi connectivity index (χ4n) is 4.57. The van der Waals surface area contributed by atoms with Crippen LogP contribution in [0.3, 0.4) is 0 Å². The van der Waals surface area contributed by atoms with Gasteiger partial charge in [0.05, 0.1) is 13.2 Å². The molecule has 32 heavy (non-hydrogen) atoms. The number of aromatic nitrogens is 1. The Balaban J connectivity index is 1.25. The zero-order valence-corrected chi connectivity index (χ0v) is 18.8. The highest BCUT2D eigenvalue weighted by atomic mass is 16.5. The fourth-order valence-corrected chi connectivity index (χ4v) is 4.57. The largest absolute Gasteiger partial charge is 0.461 e. The first kappa shape index (κ1) is 21.2. The Labute approximate surface area is 189 Å². The predicted octanol–water partition coefficient (Wildman–Crippen LogP) is 4.24. The maximum atomic E-state index is 12.6. The number of furan rings is 1. The number of rotatable bonds is 5. The minimum Gasteiger partial charge on any atom is -0.461 e. The lowest BCUT2D eigenvalue weighted by Gasteiger charge is -2.29. The number of carbonyl (C=O) groups excluding carboxylic acids is 1. The molecule has 5 rings (SSSR count). The highest BCUT2D eigenvalue weighted by Crippen LogP contribution is 2.27. The summed E-state index contributed by atoms with van der Waals surface area (Å²) in [7, 11) is 0. The number of hydrogen-bond donors (Lipinski definition) is 0. The SMILES string of the molecule is CC1CCN(CCc2cc3cc(-c4ccc(C(=O)N5CCOCC5)nc4)ccc3o2)CC1. The van der Waals surface area contributed by atoms with Gasteiger partial charge in [0.2, 0.25) is 0 Å². The Morgan fingerprint density at radius 2 is 1.81 bits per heavy atom. The Bertz CT molecular complexity index is 1060. The van der Waals surface area contributed by atoms with Crippen LogP contribution in [0.2, 0.25) is 0 Å². The summed E-state index contributed by atoms with van der Waals surface area (Å²) in [6.07, 6.45) is 5.33. The van der Waals surface area contributed by atoms with E-state index in [0.717, 1.165) is 46.7 Å². The smallest absolute Gasteiger partial charge is 0.272 e. The van der Waals surface area contributed by atoms with Crippen molar-refractivity contribution in [3.63, 3.8) is 0 Å². The highest BCUT2D eigenvalue weighted by molar-refractivity contribution is 5.93. The molecule has 0 saturated carbocycles. The molecule has 2 saturated heterocycles. The van der Waals surface area contributed by atoms with E-state index in [0.29, 0.717) is 32.0 Å². The standard InChI is InChI=1S/C26H31N3O3/c1-19-6-9-28(10-7-19)11-8-23-17-22-16-20(3-5-25(22)32-23)21-2-4-24(27-18-21)26(30)29-12-14-31-15-13-29/h2-5,16-19H,6-15H2,1H3. The van der Waals surface area contributed by atoms with Crippen molar-refractivity contribution in [2.75, 3.05) is 45.9 Å². The molecular weight excluding hydrogens is 402 g/mol. The van der Waals surface area contributed by atoms with Gasteiger partial charge in [-0.25, -0.2) is 0 Å². The summed E-state index contributed by atoms with van der Waals surface area (Å²) in [5, 5.41) is 1.11. The van der Waals surface area contributed by atoms with Crippen molar-refractivity contribution in [1.29, 1.82) is 0 Å². The molecule has 6 nitrogen and oxygen atoms in total. The van der Waals surface area contributed by atoms with Crippen LogP contribution in [0.4, 0.5) is 0 Å². The van der Waals surface area contributed by atoms with Gasteiger partial charge in [0.15, 0.2) is 0 Å². The van der Waals surface area contributed by atoms with Crippen molar-refractivity contribution in [3.05, 3.63) is 54.0 Å². The summed E-state index contributed by atoms with van der Waals surface area (Å²) in [4.78, 5) is 21.4. The van der Waals surface area contributed by atoms with E-state index in [4.69, 9.17) is 9.15 Å². The van der Waals surface area contributed by atoms with Crippen molar-refractivity contribution in [3.8, 4) is 11.1 Å². The van der Waals surface area contributed by atoms with Gasteiger partial charge >= 0.3 is 0 Å². The van der Waals surface area contributed by atoms with Gasteiger partial charge in [0.1, 0.15) is 17.0 Å². The molecule has 0 spiro atoms. The van der Waals surface area contributed by atoms with Gasteiger partial charge in [0.25, 0.3) is 5.91 Å². The number of morpholine rings is 1.